The molecular formula is C14H16BrN3O3. The van der Waals surface area contributed by atoms with Gasteiger partial charge in [0.2, 0.25) is 5.91 Å². The van der Waals surface area contributed by atoms with Gasteiger partial charge in [0.15, 0.2) is 6.61 Å². The summed E-state index contributed by atoms with van der Waals surface area (Å²) >= 11 is 3.37. The van der Waals surface area contributed by atoms with Crippen LogP contribution in [0.15, 0.2) is 22.7 Å². The summed E-state index contributed by atoms with van der Waals surface area (Å²) in [5, 5.41) is 3.20. The van der Waals surface area contributed by atoms with Crippen molar-refractivity contribution in [2.24, 2.45) is 0 Å². The lowest BCUT2D eigenvalue weighted by Crippen LogP contribution is -2.51. The number of benzene rings is 1. The Hall–Kier alpha value is -1.60. The number of anilines is 1. The molecule has 6 nitrogen and oxygen atoms in total. The maximum absolute atomic E-state index is 12.3. The third-order valence-corrected chi connectivity index (χ3v) is 4.12. The van der Waals surface area contributed by atoms with Crippen LogP contribution in [0.3, 0.4) is 0 Å². The van der Waals surface area contributed by atoms with Crippen LogP contribution in [0.2, 0.25) is 0 Å². The molecule has 2 aliphatic heterocycles. The molecular weight excluding hydrogens is 338 g/mol. The lowest BCUT2D eigenvalue weighted by Gasteiger charge is -2.33. The van der Waals surface area contributed by atoms with Crippen molar-refractivity contribution in [3.63, 3.8) is 0 Å². The Labute approximate surface area is 131 Å². The number of fused-ring (bicyclic) bond motifs is 1. The molecule has 0 radical (unpaired) electrons. The monoisotopic (exact) mass is 353 g/mol. The van der Waals surface area contributed by atoms with Gasteiger partial charge >= 0.3 is 0 Å². The van der Waals surface area contributed by atoms with Crippen molar-refractivity contribution in [2.75, 3.05) is 44.2 Å². The fourth-order valence-corrected chi connectivity index (χ4v) is 2.84. The first-order valence-electron chi connectivity index (χ1n) is 6.86. The number of hydrogen-bond donors (Lipinski definition) is 1. The van der Waals surface area contributed by atoms with E-state index >= 15 is 0 Å². The normalized spacial score (nSPS) is 18.2. The van der Waals surface area contributed by atoms with Crippen LogP contribution in [-0.2, 0) is 9.59 Å². The molecule has 21 heavy (non-hydrogen) atoms. The van der Waals surface area contributed by atoms with Crippen molar-refractivity contribution in [1.82, 2.24) is 10.2 Å². The van der Waals surface area contributed by atoms with E-state index in [-0.39, 0.29) is 25.0 Å². The van der Waals surface area contributed by atoms with E-state index in [0.29, 0.717) is 24.5 Å². The van der Waals surface area contributed by atoms with Crippen LogP contribution >= 0.6 is 15.9 Å². The summed E-state index contributed by atoms with van der Waals surface area (Å²) < 4.78 is 6.30. The molecule has 1 fully saturated rings. The first kappa shape index (κ1) is 14.3. The summed E-state index contributed by atoms with van der Waals surface area (Å²) in [6, 6.07) is 5.44. The van der Waals surface area contributed by atoms with Gasteiger partial charge in [0.1, 0.15) is 12.3 Å². The molecule has 2 aliphatic rings. The van der Waals surface area contributed by atoms with Crippen molar-refractivity contribution in [2.45, 2.75) is 0 Å². The molecule has 7 heteroatoms. The molecule has 2 heterocycles. The minimum absolute atomic E-state index is 0.0272. The van der Waals surface area contributed by atoms with Crippen LogP contribution in [0.25, 0.3) is 0 Å². The number of amides is 2. The number of carbonyl (C=O) groups excluding carboxylic acids is 2. The Bertz CT molecular complexity index is 573. The third-order valence-electron chi connectivity index (χ3n) is 3.63. The molecule has 1 N–H and O–H groups in total. The molecule has 2 amide bonds. The topological polar surface area (TPSA) is 61.9 Å². The van der Waals surface area contributed by atoms with Crippen LogP contribution in [0.4, 0.5) is 5.69 Å². The van der Waals surface area contributed by atoms with Crippen molar-refractivity contribution >= 4 is 33.4 Å². The predicted molar refractivity (Wildman–Crippen MR) is 81.4 cm³/mol. The zero-order valence-electron chi connectivity index (χ0n) is 11.5. The highest BCUT2D eigenvalue weighted by Gasteiger charge is 2.29. The second-order valence-electron chi connectivity index (χ2n) is 5.01. The highest BCUT2D eigenvalue weighted by molar-refractivity contribution is 9.10. The van der Waals surface area contributed by atoms with E-state index in [9.17, 15) is 9.59 Å². The molecule has 112 valence electrons. The molecule has 1 aromatic carbocycles. The maximum atomic E-state index is 12.3. The highest BCUT2D eigenvalue weighted by Crippen LogP contribution is 2.34. The van der Waals surface area contributed by atoms with Gasteiger partial charge in [-0.05, 0) is 18.2 Å². The number of ether oxygens (including phenoxy) is 1. The second kappa shape index (κ2) is 6.03. The fraction of sp³-hybridized carbons (Fsp3) is 0.429. The number of piperazine rings is 1. The molecule has 3 rings (SSSR count). The molecule has 1 saturated heterocycles. The number of nitrogens with zero attached hydrogens (tertiary/aromatic N) is 2. The summed E-state index contributed by atoms with van der Waals surface area (Å²) in [5.41, 5.74) is 0.651. The summed E-state index contributed by atoms with van der Waals surface area (Å²) in [7, 11) is 0. The molecule has 0 unspecified atom stereocenters. The molecule has 0 atom stereocenters. The van der Waals surface area contributed by atoms with Gasteiger partial charge in [-0.2, -0.15) is 0 Å². The zero-order chi connectivity index (χ0) is 14.8. The smallest absolute Gasteiger partial charge is 0.265 e. The van der Waals surface area contributed by atoms with E-state index in [0.717, 1.165) is 17.6 Å². The molecule has 0 aliphatic carbocycles. The van der Waals surface area contributed by atoms with Crippen molar-refractivity contribution in [3.05, 3.63) is 22.7 Å². The maximum Gasteiger partial charge on any atom is 0.265 e. The number of carbonyl (C=O) groups is 2. The van der Waals surface area contributed by atoms with Gasteiger partial charge in [0, 0.05) is 30.7 Å². The number of hydrogen-bond acceptors (Lipinski definition) is 4. The first-order valence-corrected chi connectivity index (χ1v) is 7.65. The summed E-state index contributed by atoms with van der Waals surface area (Å²) in [6.45, 7) is 3.00. The van der Waals surface area contributed by atoms with Gasteiger partial charge in [-0.25, -0.2) is 0 Å². The van der Waals surface area contributed by atoms with Crippen LogP contribution in [0.1, 0.15) is 0 Å². The number of halogens is 1. The lowest BCUT2D eigenvalue weighted by atomic mass is 10.2. The van der Waals surface area contributed by atoms with Gasteiger partial charge in [-0.15, -0.1) is 0 Å². The Morgan fingerprint density at radius 1 is 1.33 bits per heavy atom. The van der Waals surface area contributed by atoms with Gasteiger partial charge in [-0.1, -0.05) is 15.9 Å². The minimum Gasteiger partial charge on any atom is -0.482 e. The third kappa shape index (κ3) is 3.03. The first-order chi connectivity index (χ1) is 10.1. The summed E-state index contributed by atoms with van der Waals surface area (Å²) in [5.74, 6) is 0.408. The Morgan fingerprint density at radius 3 is 2.86 bits per heavy atom. The minimum atomic E-state index is -0.187. The average molecular weight is 354 g/mol. The van der Waals surface area contributed by atoms with Gasteiger partial charge in [0.05, 0.1) is 5.69 Å². The van der Waals surface area contributed by atoms with E-state index < -0.39 is 0 Å². The van der Waals surface area contributed by atoms with E-state index in [1.807, 2.05) is 12.1 Å². The van der Waals surface area contributed by atoms with E-state index in [4.69, 9.17) is 4.74 Å². The van der Waals surface area contributed by atoms with E-state index in [1.165, 1.54) is 4.90 Å². The largest absolute Gasteiger partial charge is 0.482 e. The van der Waals surface area contributed by atoms with Crippen molar-refractivity contribution < 1.29 is 14.3 Å². The predicted octanol–water partition coefficient (Wildman–Crippen LogP) is 0.606. The zero-order valence-corrected chi connectivity index (χ0v) is 13.1. The lowest BCUT2D eigenvalue weighted by molar-refractivity contribution is -0.132. The summed E-state index contributed by atoms with van der Waals surface area (Å²) in [4.78, 5) is 27.7. The van der Waals surface area contributed by atoms with Gasteiger partial charge in [-0.3, -0.25) is 14.5 Å². The number of rotatable bonds is 2. The summed E-state index contributed by atoms with van der Waals surface area (Å²) in [6.07, 6.45) is 0. The molecule has 1 aromatic rings. The second-order valence-corrected chi connectivity index (χ2v) is 5.93. The average Bonchev–Trinajstić information content (AvgIpc) is 2.51. The highest BCUT2D eigenvalue weighted by atomic mass is 79.9. The SMILES string of the molecule is O=C(CN1C(=O)COc2cc(Br)ccc21)N1CCNCC1. The van der Waals surface area contributed by atoms with Crippen LogP contribution in [0, 0.1) is 0 Å². The fourth-order valence-electron chi connectivity index (χ4n) is 2.50. The number of nitrogens with one attached hydrogen (secondary N) is 1. The Morgan fingerprint density at radius 2 is 2.10 bits per heavy atom. The standard InChI is InChI=1S/C14H16BrN3O3/c15-10-1-2-11-12(7-10)21-9-14(20)18(11)8-13(19)17-5-3-16-4-6-17/h1-2,7,16H,3-6,8-9H2. The van der Waals surface area contributed by atoms with Crippen molar-refractivity contribution in [1.29, 1.82) is 0 Å². The van der Waals surface area contributed by atoms with E-state index in [2.05, 4.69) is 21.2 Å². The molecule has 0 aromatic heterocycles. The Balaban J connectivity index is 1.78. The van der Waals surface area contributed by atoms with Crippen LogP contribution in [0.5, 0.6) is 5.75 Å². The van der Waals surface area contributed by atoms with Gasteiger partial charge < -0.3 is 15.0 Å². The van der Waals surface area contributed by atoms with E-state index in [1.54, 1.807) is 11.0 Å². The van der Waals surface area contributed by atoms with Crippen molar-refractivity contribution in [3.8, 4) is 5.75 Å². The van der Waals surface area contributed by atoms with Crippen LogP contribution in [-0.4, -0.2) is 56.0 Å². The van der Waals surface area contributed by atoms with Gasteiger partial charge in [0.25, 0.3) is 5.91 Å². The quantitative estimate of drug-likeness (QED) is 0.845. The molecule has 0 bridgehead atoms. The van der Waals surface area contributed by atoms with Crippen LogP contribution < -0.4 is 15.0 Å². The molecule has 0 spiro atoms. The molecule has 0 saturated carbocycles. The Kier molecular flexibility index (Phi) is 4.12.